The molecule has 7 nitrogen and oxygen atoms in total. The molecule has 0 aliphatic heterocycles. The predicted octanol–water partition coefficient (Wildman–Crippen LogP) is 0.758. The highest BCUT2D eigenvalue weighted by Gasteiger charge is 2.05. The maximum absolute atomic E-state index is 11.6. The summed E-state index contributed by atoms with van der Waals surface area (Å²) < 4.78 is 5.29. The van der Waals surface area contributed by atoms with Crippen LogP contribution >= 0.6 is 0 Å². The Bertz CT molecular complexity index is 477. The number of pyridine rings is 1. The molecule has 3 amide bonds. The van der Waals surface area contributed by atoms with E-state index in [0.717, 1.165) is 5.56 Å². The molecule has 7 heteroatoms. The van der Waals surface area contributed by atoms with E-state index in [0.29, 0.717) is 25.6 Å². The summed E-state index contributed by atoms with van der Waals surface area (Å²) >= 11 is 0. The number of carbonyl (C=O) groups excluding carboxylic acids is 2. The molecule has 0 aliphatic rings. The lowest BCUT2D eigenvalue weighted by Gasteiger charge is -2.11. The van der Waals surface area contributed by atoms with Crippen molar-refractivity contribution in [3.05, 3.63) is 23.9 Å². The van der Waals surface area contributed by atoms with E-state index in [4.69, 9.17) is 4.74 Å². The van der Waals surface area contributed by atoms with E-state index < -0.39 is 0 Å². The number of hydrogen-bond donors (Lipinski definition) is 2. The molecule has 21 heavy (non-hydrogen) atoms. The molecular formula is C14H22N4O3. The zero-order chi connectivity index (χ0) is 15.7. The number of amides is 3. The second-order valence-electron chi connectivity index (χ2n) is 4.58. The van der Waals surface area contributed by atoms with Crippen molar-refractivity contribution in [2.24, 2.45) is 0 Å². The third-order valence-corrected chi connectivity index (χ3v) is 2.67. The maximum Gasteiger partial charge on any atom is 0.315 e. The fourth-order valence-corrected chi connectivity index (χ4v) is 1.54. The van der Waals surface area contributed by atoms with Crippen molar-refractivity contribution in [1.29, 1.82) is 0 Å². The summed E-state index contributed by atoms with van der Waals surface area (Å²) in [5, 5.41) is 5.35. The molecule has 1 heterocycles. The molecule has 0 saturated heterocycles. The lowest BCUT2D eigenvalue weighted by molar-refractivity contribution is -0.128. The standard InChI is InChI=1S/C14H22N4O3/c1-4-21-12-9-11(5-7-15-12)10-17-14(20)16-8-6-13(19)18(2)3/h5,7,9H,4,6,8,10H2,1-3H3,(H2,16,17,20). The molecule has 2 N–H and O–H groups in total. The number of nitrogens with one attached hydrogen (secondary N) is 2. The monoisotopic (exact) mass is 294 g/mol. The van der Waals surface area contributed by atoms with E-state index >= 15 is 0 Å². The number of ether oxygens (including phenoxy) is 1. The van der Waals surface area contributed by atoms with Crippen LogP contribution in [0.5, 0.6) is 5.88 Å². The number of carbonyl (C=O) groups is 2. The first kappa shape index (κ1) is 16.7. The Hall–Kier alpha value is -2.31. The Balaban J connectivity index is 2.29. The van der Waals surface area contributed by atoms with Crippen molar-refractivity contribution in [1.82, 2.24) is 20.5 Å². The van der Waals surface area contributed by atoms with E-state index in [1.165, 1.54) is 4.90 Å². The van der Waals surface area contributed by atoms with Gasteiger partial charge in [0.15, 0.2) is 0 Å². The fraction of sp³-hybridized carbons (Fsp3) is 0.500. The SMILES string of the molecule is CCOc1cc(CNC(=O)NCCC(=O)N(C)C)ccn1. The van der Waals surface area contributed by atoms with Crippen LogP contribution in [-0.2, 0) is 11.3 Å². The van der Waals surface area contributed by atoms with E-state index in [2.05, 4.69) is 15.6 Å². The Kier molecular flexibility index (Phi) is 7.00. The highest BCUT2D eigenvalue weighted by Crippen LogP contribution is 2.08. The zero-order valence-electron chi connectivity index (χ0n) is 12.7. The largest absolute Gasteiger partial charge is 0.478 e. The van der Waals surface area contributed by atoms with Crippen molar-refractivity contribution >= 4 is 11.9 Å². The van der Waals surface area contributed by atoms with Gasteiger partial charge in [0.25, 0.3) is 0 Å². The molecule has 0 fully saturated rings. The minimum atomic E-state index is -0.309. The van der Waals surface area contributed by atoms with Gasteiger partial charge in [-0.3, -0.25) is 4.79 Å². The third kappa shape index (κ3) is 6.60. The summed E-state index contributed by atoms with van der Waals surface area (Å²) in [6, 6.07) is 3.27. The zero-order valence-corrected chi connectivity index (χ0v) is 12.7. The second-order valence-corrected chi connectivity index (χ2v) is 4.58. The van der Waals surface area contributed by atoms with Gasteiger partial charge in [-0.2, -0.15) is 0 Å². The number of hydrogen-bond acceptors (Lipinski definition) is 4. The van der Waals surface area contributed by atoms with Gasteiger partial charge in [-0.05, 0) is 18.6 Å². The summed E-state index contributed by atoms with van der Waals surface area (Å²) in [5.74, 6) is 0.513. The minimum absolute atomic E-state index is 0.0224. The lowest BCUT2D eigenvalue weighted by Crippen LogP contribution is -2.37. The second kappa shape index (κ2) is 8.78. The number of urea groups is 1. The van der Waals surface area contributed by atoms with Crippen LogP contribution in [-0.4, -0.2) is 49.1 Å². The topological polar surface area (TPSA) is 83.6 Å². The van der Waals surface area contributed by atoms with Gasteiger partial charge >= 0.3 is 6.03 Å². The van der Waals surface area contributed by atoms with Gasteiger partial charge in [-0.1, -0.05) is 0 Å². The fourth-order valence-electron chi connectivity index (χ4n) is 1.54. The summed E-state index contributed by atoms with van der Waals surface area (Å²) in [6.07, 6.45) is 1.92. The molecule has 0 spiro atoms. The molecule has 0 radical (unpaired) electrons. The average Bonchev–Trinajstić information content (AvgIpc) is 2.45. The Morgan fingerprint density at radius 2 is 2.10 bits per heavy atom. The molecule has 0 aliphatic carbocycles. The average molecular weight is 294 g/mol. The minimum Gasteiger partial charge on any atom is -0.478 e. The van der Waals surface area contributed by atoms with Crippen molar-refractivity contribution in [2.75, 3.05) is 27.2 Å². The maximum atomic E-state index is 11.6. The molecule has 0 bridgehead atoms. The van der Waals surface area contributed by atoms with Crippen LogP contribution in [0.2, 0.25) is 0 Å². The van der Waals surface area contributed by atoms with Crippen molar-refractivity contribution in [2.45, 2.75) is 19.9 Å². The van der Waals surface area contributed by atoms with Crippen LogP contribution < -0.4 is 15.4 Å². The normalized spacial score (nSPS) is 9.86. The van der Waals surface area contributed by atoms with E-state index in [1.54, 1.807) is 32.4 Å². The number of rotatable bonds is 7. The molecule has 0 unspecified atom stereocenters. The van der Waals surface area contributed by atoms with E-state index in [1.807, 2.05) is 6.92 Å². The molecule has 1 aromatic rings. The third-order valence-electron chi connectivity index (χ3n) is 2.67. The smallest absolute Gasteiger partial charge is 0.315 e. The quantitative estimate of drug-likeness (QED) is 0.777. The predicted molar refractivity (Wildman–Crippen MR) is 79.0 cm³/mol. The van der Waals surface area contributed by atoms with E-state index in [-0.39, 0.29) is 18.4 Å². The van der Waals surface area contributed by atoms with Gasteiger partial charge < -0.3 is 20.3 Å². The summed E-state index contributed by atoms with van der Waals surface area (Å²) in [6.45, 7) is 3.11. The summed E-state index contributed by atoms with van der Waals surface area (Å²) in [4.78, 5) is 28.5. The first-order chi connectivity index (χ1) is 10.0. The first-order valence-electron chi connectivity index (χ1n) is 6.82. The van der Waals surface area contributed by atoms with Gasteiger partial charge in [0.2, 0.25) is 11.8 Å². The van der Waals surface area contributed by atoms with Gasteiger partial charge in [0, 0.05) is 45.9 Å². The van der Waals surface area contributed by atoms with Gasteiger partial charge in [-0.25, -0.2) is 9.78 Å². The van der Waals surface area contributed by atoms with Crippen molar-refractivity contribution in [3.8, 4) is 5.88 Å². The van der Waals surface area contributed by atoms with E-state index in [9.17, 15) is 9.59 Å². The molecule has 0 atom stereocenters. The highest BCUT2D eigenvalue weighted by atomic mass is 16.5. The van der Waals surface area contributed by atoms with Crippen LogP contribution in [0.25, 0.3) is 0 Å². The van der Waals surface area contributed by atoms with Crippen LogP contribution in [0.4, 0.5) is 4.79 Å². The van der Waals surface area contributed by atoms with Crippen LogP contribution in [0.1, 0.15) is 18.9 Å². The highest BCUT2D eigenvalue weighted by molar-refractivity contribution is 5.77. The van der Waals surface area contributed by atoms with Crippen molar-refractivity contribution in [3.63, 3.8) is 0 Å². The van der Waals surface area contributed by atoms with Gasteiger partial charge in [0.1, 0.15) is 0 Å². The molecule has 0 saturated carbocycles. The van der Waals surface area contributed by atoms with Crippen molar-refractivity contribution < 1.29 is 14.3 Å². The molecule has 1 rings (SSSR count). The number of nitrogens with zero attached hydrogens (tertiary/aromatic N) is 2. The number of aromatic nitrogens is 1. The summed E-state index contributed by atoms with van der Waals surface area (Å²) in [5.41, 5.74) is 0.896. The summed E-state index contributed by atoms with van der Waals surface area (Å²) in [7, 11) is 3.36. The Labute approximate surface area is 124 Å². The van der Waals surface area contributed by atoms with Gasteiger partial charge in [0.05, 0.1) is 6.61 Å². The van der Waals surface area contributed by atoms with Crippen LogP contribution in [0, 0.1) is 0 Å². The molecular weight excluding hydrogens is 272 g/mol. The molecule has 1 aromatic heterocycles. The molecule has 116 valence electrons. The van der Waals surface area contributed by atoms with Gasteiger partial charge in [-0.15, -0.1) is 0 Å². The Morgan fingerprint density at radius 3 is 2.76 bits per heavy atom. The van der Waals surface area contributed by atoms with Crippen LogP contribution in [0.3, 0.4) is 0 Å². The molecule has 0 aromatic carbocycles. The Morgan fingerprint density at radius 1 is 1.33 bits per heavy atom. The first-order valence-corrected chi connectivity index (χ1v) is 6.82. The lowest BCUT2D eigenvalue weighted by atomic mass is 10.2. The van der Waals surface area contributed by atoms with Crippen LogP contribution in [0.15, 0.2) is 18.3 Å².